The molecule has 0 aromatic carbocycles. The molecule has 1 heterocycles. The molecule has 0 saturated heterocycles. The maximum Gasteiger partial charge on any atom is 0.407 e. The summed E-state index contributed by atoms with van der Waals surface area (Å²) in [6.45, 7) is 5.72. The van der Waals surface area contributed by atoms with Crippen LogP contribution in [0.15, 0.2) is 6.20 Å². The van der Waals surface area contributed by atoms with E-state index in [1.165, 1.54) is 6.20 Å². The van der Waals surface area contributed by atoms with E-state index in [1.54, 1.807) is 20.8 Å². The largest absolute Gasteiger partial charge is 0.477 e. The van der Waals surface area contributed by atoms with E-state index in [0.717, 1.165) is 11.3 Å². The first-order valence-corrected chi connectivity index (χ1v) is 6.74. The highest BCUT2D eigenvalue weighted by Gasteiger charge is 2.15. The summed E-state index contributed by atoms with van der Waals surface area (Å²) in [5.74, 6) is 4.54. The molecule has 0 aliphatic carbocycles. The van der Waals surface area contributed by atoms with E-state index < -0.39 is 17.7 Å². The minimum atomic E-state index is -1.01. The van der Waals surface area contributed by atoms with Gasteiger partial charge in [0.15, 0.2) is 5.01 Å². The van der Waals surface area contributed by atoms with E-state index in [-0.39, 0.29) is 4.88 Å². The lowest BCUT2D eigenvalue weighted by molar-refractivity contribution is 0.0528. The van der Waals surface area contributed by atoms with Gasteiger partial charge in [-0.3, -0.25) is 0 Å². The van der Waals surface area contributed by atoms with Crippen LogP contribution in [-0.2, 0) is 4.74 Å². The zero-order valence-corrected chi connectivity index (χ0v) is 12.3. The number of aromatic carboxylic acids is 1. The van der Waals surface area contributed by atoms with Crippen molar-refractivity contribution in [3.05, 3.63) is 16.1 Å². The highest BCUT2D eigenvalue weighted by Crippen LogP contribution is 2.11. The van der Waals surface area contributed by atoms with Gasteiger partial charge in [0.05, 0.1) is 6.20 Å². The Bertz CT molecular complexity index is 549. The Labute approximate surface area is 121 Å². The summed E-state index contributed by atoms with van der Waals surface area (Å²) in [5, 5.41) is 11.7. The molecule has 7 heteroatoms. The molecule has 0 atom stereocenters. The van der Waals surface area contributed by atoms with Crippen LogP contribution >= 0.6 is 11.3 Å². The fourth-order valence-corrected chi connectivity index (χ4v) is 1.74. The lowest BCUT2D eigenvalue weighted by Crippen LogP contribution is -2.32. The molecule has 0 radical (unpaired) electrons. The Morgan fingerprint density at radius 3 is 2.75 bits per heavy atom. The quantitative estimate of drug-likeness (QED) is 0.658. The molecular weight excluding hydrogens is 280 g/mol. The molecule has 2 N–H and O–H groups in total. The number of rotatable bonds is 3. The first kappa shape index (κ1) is 16.0. The van der Waals surface area contributed by atoms with Crippen molar-refractivity contribution in [1.82, 2.24) is 10.3 Å². The standard InChI is InChI=1S/C13H16N2O4S/c1-13(2,3)19-12(18)14-7-5-4-6-10-15-8-9(20-10)11(16)17/h8H,5,7H2,1-3H3,(H,14,18)(H,16,17). The van der Waals surface area contributed by atoms with Gasteiger partial charge in [0.2, 0.25) is 0 Å². The number of nitrogens with one attached hydrogen (secondary N) is 1. The Morgan fingerprint density at radius 2 is 2.20 bits per heavy atom. The molecule has 0 unspecified atom stereocenters. The van der Waals surface area contributed by atoms with Gasteiger partial charge in [-0.05, 0) is 26.7 Å². The highest BCUT2D eigenvalue weighted by atomic mass is 32.1. The monoisotopic (exact) mass is 296 g/mol. The number of nitrogens with zero attached hydrogens (tertiary/aromatic N) is 1. The summed E-state index contributed by atoms with van der Waals surface area (Å²) in [5.41, 5.74) is -0.524. The smallest absolute Gasteiger partial charge is 0.407 e. The van der Waals surface area contributed by atoms with Crippen molar-refractivity contribution < 1.29 is 19.4 Å². The summed E-state index contributed by atoms with van der Waals surface area (Å²) in [4.78, 5) is 26.0. The number of alkyl carbamates (subject to hydrolysis) is 1. The predicted molar refractivity (Wildman–Crippen MR) is 74.8 cm³/mol. The van der Waals surface area contributed by atoms with E-state index in [2.05, 4.69) is 22.1 Å². The van der Waals surface area contributed by atoms with Crippen molar-refractivity contribution >= 4 is 23.4 Å². The third kappa shape index (κ3) is 6.20. The van der Waals surface area contributed by atoms with Crippen LogP contribution in [0.2, 0.25) is 0 Å². The molecule has 0 spiro atoms. The number of amides is 1. The average molecular weight is 296 g/mol. The SMILES string of the molecule is CC(C)(C)OC(=O)NCCC#Cc1ncc(C(=O)O)s1. The zero-order chi connectivity index (χ0) is 15.2. The third-order valence-electron chi connectivity index (χ3n) is 1.83. The fraction of sp³-hybridized carbons (Fsp3) is 0.462. The van der Waals surface area contributed by atoms with Gasteiger partial charge in [-0.1, -0.05) is 17.3 Å². The van der Waals surface area contributed by atoms with Crippen molar-refractivity contribution in [3.63, 3.8) is 0 Å². The molecule has 1 aromatic heterocycles. The van der Waals surface area contributed by atoms with Crippen molar-refractivity contribution in [2.75, 3.05) is 6.54 Å². The topological polar surface area (TPSA) is 88.5 Å². The summed E-state index contributed by atoms with van der Waals surface area (Å²) in [7, 11) is 0. The van der Waals surface area contributed by atoms with Crippen molar-refractivity contribution in [2.24, 2.45) is 0 Å². The number of carbonyl (C=O) groups is 2. The maximum atomic E-state index is 11.3. The molecule has 20 heavy (non-hydrogen) atoms. The van der Waals surface area contributed by atoms with Crippen molar-refractivity contribution in [2.45, 2.75) is 32.8 Å². The second-order valence-corrected chi connectivity index (χ2v) is 5.85. The van der Waals surface area contributed by atoms with Crippen molar-refractivity contribution in [3.8, 4) is 11.8 Å². The van der Waals surface area contributed by atoms with E-state index in [1.807, 2.05) is 0 Å². The lowest BCUT2D eigenvalue weighted by Gasteiger charge is -2.19. The second-order valence-electron chi connectivity index (χ2n) is 4.82. The van der Waals surface area contributed by atoms with Gasteiger partial charge in [0.1, 0.15) is 10.5 Å². The minimum Gasteiger partial charge on any atom is -0.477 e. The number of hydrogen-bond donors (Lipinski definition) is 2. The Hall–Kier alpha value is -2.07. The number of ether oxygens (including phenoxy) is 1. The van der Waals surface area contributed by atoms with Gasteiger partial charge in [0.25, 0.3) is 0 Å². The molecule has 108 valence electrons. The normalized spacial score (nSPS) is 10.3. The minimum absolute atomic E-state index is 0.154. The zero-order valence-electron chi connectivity index (χ0n) is 11.5. The highest BCUT2D eigenvalue weighted by molar-refractivity contribution is 7.14. The first-order valence-electron chi connectivity index (χ1n) is 5.93. The summed E-state index contributed by atoms with van der Waals surface area (Å²) < 4.78 is 5.06. The predicted octanol–water partition coefficient (Wildman–Crippen LogP) is 2.11. The molecule has 0 fully saturated rings. The summed E-state index contributed by atoms with van der Waals surface area (Å²) >= 11 is 1.02. The van der Waals surface area contributed by atoms with Crippen molar-refractivity contribution in [1.29, 1.82) is 0 Å². The Morgan fingerprint density at radius 1 is 1.50 bits per heavy atom. The molecule has 1 rings (SSSR count). The van der Waals surface area contributed by atoms with Crippen LogP contribution in [-0.4, -0.2) is 34.3 Å². The number of hydrogen-bond acceptors (Lipinski definition) is 5. The fourth-order valence-electron chi connectivity index (χ4n) is 1.11. The number of carboxylic acids is 1. The van der Waals surface area contributed by atoms with Gasteiger partial charge < -0.3 is 15.2 Å². The number of aromatic nitrogens is 1. The van der Waals surface area contributed by atoms with Crippen LogP contribution in [0.4, 0.5) is 4.79 Å². The molecule has 6 nitrogen and oxygen atoms in total. The van der Waals surface area contributed by atoms with E-state index in [9.17, 15) is 9.59 Å². The molecule has 1 aromatic rings. The Balaban J connectivity index is 2.33. The first-order chi connectivity index (χ1) is 9.28. The van der Waals surface area contributed by atoms with E-state index >= 15 is 0 Å². The van der Waals surface area contributed by atoms with Crippen LogP contribution in [0.25, 0.3) is 0 Å². The molecular formula is C13H16N2O4S. The second kappa shape index (κ2) is 6.91. The maximum absolute atomic E-state index is 11.3. The molecule has 0 bridgehead atoms. The van der Waals surface area contributed by atoms with Crippen LogP contribution in [0, 0.1) is 11.8 Å². The number of thiazole rings is 1. The molecule has 0 aliphatic heterocycles. The van der Waals surface area contributed by atoms with Crippen LogP contribution in [0.5, 0.6) is 0 Å². The summed E-state index contributed by atoms with van der Waals surface area (Å²) in [6.07, 6.45) is 1.22. The summed E-state index contributed by atoms with van der Waals surface area (Å²) in [6, 6.07) is 0. The molecule has 1 amide bonds. The van der Waals surface area contributed by atoms with Gasteiger partial charge in [-0.15, -0.1) is 0 Å². The Kier molecular flexibility index (Phi) is 5.53. The van der Waals surface area contributed by atoms with Gasteiger partial charge in [0, 0.05) is 13.0 Å². The lowest BCUT2D eigenvalue weighted by atomic mass is 10.2. The van der Waals surface area contributed by atoms with Crippen LogP contribution in [0.1, 0.15) is 41.9 Å². The molecule has 0 aliphatic rings. The van der Waals surface area contributed by atoms with Gasteiger partial charge >= 0.3 is 12.1 Å². The van der Waals surface area contributed by atoms with Crippen LogP contribution in [0.3, 0.4) is 0 Å². The third-order valence-corrected chi connectivity index (χ3v) is 2.73. The number of carboxylic acid groups (broad SMARTS) is 1. The van der Waals surface area contributed by atoms with E-state index in [0.29, 0.717) is 18.0 Å². The van der Waals surface area contributed by atoms with Crippen LogP contribution < -0.4 is 5.32 Å². The van der Waals surface area contributed by atoms with E-state index in [4.69, 9.17) is 9.84 Å². The van der Waals surface area contributed by atoms with Gasteiger partial charge in [-0.25, -0.2) is 14.6 Å². The average Bonchev–Trinajstić information content (AvgIpc) is 2.75. The number of carbonyl (C=O) groups excluding carboxylic acids is 1. The molecule has 0 saturated carbocycles. The van der Waals surface area contributed by atoms with Gasteiger partial charge in [-0.2, -0.15) is 0 Å².